The molecule has 0 radical (unpaired) electrons. The number of aromatic nitrogens is 2. The van der Waals surface area contributed by atoms with Gasteiger partial charge < -0.3 is 19.7 Å². The van der Waals surface area contributed by atoms with Crippen LogP contribution in [0.3, 0.4) is 0 Å². The molecule has 3 aromatic rings. The Kier molecular flexibility index (Phi) is 4.33. The molecule has 7 nitrogen and oxygen atoms in total. The highest BCUT2D eigenvalue weighted by atomic mass is 19.1. The van der Waals surface area contributed by atoms with Crippen LogP contribution in [0.25, 0.3) is 22.3 Å². The van der Waals surface area contributed by atoms with Crippen molar-refractivity contribution in [1.29, 1.82) is 0 Å². The predicted molar refractivity (Wildman–Crippen MR) is 124 cm³/mol. The fraction of sp³-hybridized carbons (Fsp3) is 0.346. The van der Waals surface area contributed by atoms with Gasteiger partial charge in [-0.15, -0.1) is 0 Å². The van der Waals surface area contributed by atoms with Crippen molar-refractivity contribution in [3.05, 3.63) is 74.5 Å². The van der Waals surface area contributed by atoms with Crippen LogP contribution < -0.4 is 10.9 Å². The third kappa shape index (κ3) is 2.51. The molecule has 0 saturated heterocycles. The summed E-state index contributed by atoms with van der Waals surface area (Å²) >= 11 is 0. The number of carbonyl (C=O) groups is 1. The zero-order chi connectivity index (χ0) is 23.9. The minimum absolute atomic E-state index is 0.0498. The number of nitrogens with zero attached hydrogens (tertiary/aromatic N) is 2. The summed E-state index contributed by atoms with van der Waals surface area (Å²) in [4.78, 5) is 30.8. The molecule has 4 heterocycles. The van der Waals surface area contributed by atoms with E-state index in [0.717, 1.165) is 28.5 Å². The van der Waals surface area contributed by atoms with Gasteiger partial charge in [0.05, 0.1) is 35.1 Å². The van der Waals surface area contributed by atoms with Crippen LogP contribution in [0.2, 0.25) is 0 Å². The minimum atomic E-state index is -1.89. The summed E-state index contributed by atoms with van der Waals surface area (Å²) in [5, 5.41) is 15.3. The number of pyridine rings is 2. The molecule has 0 amide bonds. The molecule has 0 saturated carbocycles. The van der Waals surface area contributed by atoms with Gasteiger partial charge in [0, 0.05) is 22.6 Å². The SMILES string of the molecule is C=CNC1CCc2c(C)c(F)cc3nc4c(c1c23)Cn1c-4cc2c(c1=O)COC(=O)C2(O)CC. The van der Waals surface area contributed by atoms with Gasteiger partial charge in [0.15, 0.2) is 5.60 Å². The number of hydrogen-bond acceptors (Lipinski definition) is 6. The van der Waals surface area contributed by atoms with Gasteiger partial charge in [-0.1, -0.05) is 13.5 Å². The smallest absolute Gasteiger partial charge is 0.343 e. The highest BCUT2D eigenvalue weighted by molar-refractivity contribution is 5.93. The zero-order valence-corrected chi connectivity index (χ0v) is 19.0. The third-order valence-corrected chi connectivity index (χ3v) is 7.70. The molecular formula is C26H24FN3O4. The minimum Gasteiger partial charge on any atom is -0.458 e. The van der Waals surface area contributed by atoms with Crippen LogP contribution in [0.5, 0.6) is 0 Å². The first-order valence-electron chi connectivity index (χ1n) is 11.5. The molecule has 0 fully saturated rings. The lowest BCUT2D eigenvalue weighted by Crippen LogP contribution is -2.44. The van der Waals surface area contributed by atoms with Crippen molar-refractivity contribution in [2.45, 2.75) is 57.9 Å². The first-order chi connectivity index (χ1) is 16.3. The number of halogens is 1. The van der Waals surface area contributed by atoms with E-state index in [1.807, 2.05) is 0 Å². The summed E-state index contributed by atoms with van der Waals surface area (Å²) in [5.74, 6) is -1.07. The van der Waals surface area contributed by atoms with Crippen molar-refractivity contribution in [1.82, 2.24) is 14.9 Å². The topological polar surface area (TPSA) is 93.5 Å². The molecule has 3 aliphatic rings. The van der Waals surface area contributed by atoms with Gasteiger partial charge in [0.2, 0.25) is 0 Å². The molecule has 2 unspecified atom stereocenters. The van der Waals surface area contributed by atoms with E-state index in [0.29, 0.717) is 35.4 Å². The number of benzene rings is 1. The molecule has 2 aromatic heterocycles. The van der Waals surface area contributed by atoms with Crippen molar-refractivity contribution in [3.63, 3.8) is 0 Å². The monoisotopic (exact) mass is 461 g/mol. The molecule has 2 N–H and O–H groups in total. The molecule has 2 aliphatic heterocycles. The number of rotatable bonds is 3. The fourth-order valence-electron chi connectivity index (χ4n) is 5.86. The van der Waals surface area contributed by atoms with E-state index in [9.17, 15) is 19.1 Å². The molecule has 2 atom stereocenters. The average Bonchev–Trinajstić information content (AvgIpc) is 3.19. The van der Waals surface area contributed by atoms with Crippen LogP contribution >= 0.6 is 0 Å². The Morgan fingerprint density at radius 1 is 1.35 bits per heavy atom. The number of nitrogens with one attached hydrogen (secondary N) is 1. The van der Waals surface area contributed by atoms with Gasteiger partial charge in [-0.25, -0.2) is 14.2 Å². The largest absolute Gasteiger partial charge is 0.458 e. The van der Waals surface area contributed by atoms with Crippen LogP contribution in [0.1, 0.15) is 59.2 Å². The van der Waals surface area contributed by atoms with Gasteiger partial charge >= 0.3 is 5.97 Å². The Bertz CT molecular complexity index is 1510. The summed E-state index contributed by atoms with van der Waals surface area (Å²) in [6.07, 6.45) is 3.20. The summed E-state index contributed by atoms with van der Waals surface area (Å²) in [5.41, 5.74) is 3.44. The molecule has 0 spiro atoms. The first-order valence-corrected chi connectivity index (χ1v) is 11.5. The average molecular weight is 461 g/mol. The van der Waals surface area contributed by atoms with Crippen LogP contribution in [0.15, 0.2) is 29.7 Å². The highest BCUT2D eigenvalue weighted by Crippen LogP contribution is 2.45. The van der Waals surface area contributed by atoms with E-state index in [1.165, 1.54) is 6.07 Å². The predicted octanol–water partition coefficient (Wildman–Crippen LogP) is 3.25. The van der Waals surface area contributed by atoms with Crippen LogP contribution in [-0.4, -0.2) is 20.6 Å². The second kappa shape index (κ2) is 6.99. The lowest BCUT2D eigenvalue weighted by molar-refractivity contribution is -0.172. The maximum atomic E-state index is 14.8. The molecule has 34 heavy (non-hydrogen) atoms. The third-order valence-electron chi connectivity index (χ3n) is 7.70. The van der Waals surface area contributed by atoms with Gasteiger partial charge in [-0.3, -0.25) is 4.79 Å². The fourth-order valence-corrected chi connectivity index (χ4v) is 5.86. The number of hydrogen-bond donors (Lipinski definition) is 2. The Hall–Kier alpha value is -3.52. The molecule has 1 aliphatic carbocycles. The Balaban J connectivity index is 1.69. The second-order valence-electron chi connectivity index (χ2n) is 9.27. The van der Waals surface area contributed by atoms with Crippen molar-refractivity contribution in [2.24, 2.45) is 0 Å². The van der Waals surface area contributed by atoms with Crippen molar-refractivity contribution in [3.8, 4) is 11.4 Å². The lowest BCUT2D eigenvalue weighted by Gasteiger charge is -2.31. The summed E-state index contributed by atoms with van der Waals surface area (Å²) in [6.45, 7) is 7.41. The number of fused-ring (bicyclic) bond motifs is 5. The van der Waals surface area contributed by atoms with Crippen LogP contribution in [0, 0.1) is 12.7 Å². The van der Waals surface area contributed by atoms with Gasteiger partial charge in [0.1, 0.15) is 12.4 Å². The summed E-state index contributed by atoms with van der Waals surface area (Å²) < 4.78 is 21.6. The molecule has 6 rings (SSSR count). The quantitative estimate of drug-likeness (QED) is 0.455. The van der Waals surface area contributed by atoms with Gasteiger partial charge in [-0.2, -0.15) is 0 Å². The number of aliphatic hydroxyl groups is 1. The van der Waals surface area contributed by atoms with E-state index in [1.54, 1.807) is 30.7 Å². The summed E-state index contributed by atoms with van der Waals surface area (Å²) in [6, 6.07) is 3.08. The van der Waals surface area contributed by atoms with E-state index in [4.69, 9.17) is 9.72 Å². The molecule has 8 heteroatoms. The van der Waals surface area contributed by atoms with E-state index < -0.39 is 11.6 Å². The molecular weight excluding hydrogens is 437 g/mol. The van der Waals surface area contributed by atoms with Crippen molar-refractivity contribution in [2.75, 3.05) is 0 Å². The van der Waals surface area contributed by atoms with E-state index in [-0.39, 0.29) is 41.6 Å². The zero-order valence-electron chi connectivity index (χ0n) is 19.0. The van der Waals surface area contributed by atoms with Crippen LogP contribution in [0.4, 0.5) is 4.39 Å². The molecule has 174 valence electrons. The summed E-state index contributed by atoms with van der Waals surface area (Å²) in [7, 11) is 0. The normalized spacial score (nSPS) is 22.1. The molecule has 1 aromatic carbocycles. The van der Waals surface area contributed by atoms with Crippen molar-refractivity contribution >= 4 is 16.9 Å². The standard InChI is InChI=1S/C26H24FN3O4/c1-4-26(33)16-8-20-23-14(10-30(20)24(31)15(16)11-34-25(26)32)22-18(28-5-2)7-6-13-12(3)17(27)9-19(29-23)21(13)22/h5,8-9,18,28,33H,2,4,6-7,10-11H2,1,3H3. The lowest BCUT2D eigenvalue weighted by atomic mass is 9.81. The van der Waals surface area contributed by atoms with E-state index >= 15 is 0 Å². The molecule has 0 bridgehead atoms. The van der Waals surface area contributed by atoms with E-state index in [2.05, 4.69) is 11.9 Å². The van der Waals surface area contributed by atoms with Gasteiger partial charge in [0.25, 0.3) is 5.56 Å². The highest BCUT2D eigenvalue weighted by Gasteiger charge is 2.45. The second-order valence-corrected chi connectivity index (χ2v) is 9.27. The van der Waals surface area contributed by atoms with Crippen LogP contribution in [-0.2, 0) is 34.7 Å². The number of esters is 1. The Morgan fingerprint density at radius 2 is 2.15 bits per heavy atom. The van der Waals surface area contributed by atoms with Crippen molar-refractivity contribution < 1.29 is 19.0 Å². The number of aryl methyl sites for hydroxylation is 1. The van der Waals surface area contributed by atoms with Gasteiger partial charge in [-0.05, 0) is 55.1 Å². The number of cyclic esters (lactones) is 1. The number of ether oxygens (including phenoxy) is 1. The maximum Gasteiger partial charge on any atom is 0.343 e. The number of carbonyl (C=O) groups excluding carboxylic acids is 1. The Labute approximate surface area is 194 Å². The maximum absolute atomic E-state index is 14.8. The Morgan fingerprint density at radius 3 is 2.88 bits per heavy atom. The first kappa shape index (κ1) is 21.0.